The van der Waals surface area contributed by atoms with Gasteiger partial charge in [0.2, 0.25) is 0 Å². The predicted molar refractivity (Wildman–Crippen MR) is 73.9 cm³/mol. The fraction of sp³-hybridized carbons (Fsp3) is 0.0769. The van der Waals surface area contributed by atoms with Gasteiger partial charge in [-0.15, -0.1) is 0 Å². The molecule has 1 aromatic carbocycles. The minimum atomic E-state index is -3.90. The van der Waals surface area contributed by atoms with Gasteiger partial charge in [0.25, 0.3) is 5.91 Å². The molecule has 0 saturated carbocycles. The van der Waals surface area contributed by atoms with Crippen molar-refractivity contribution in [2.24, 2.45) is 0 Å². The van der Waals surface area contributed by atoms with Crippen molar-refractivity contribution in [2.75, 3.05) is 0 Å². The third-order valence-corrected chi connectivity index (χ3v) is 3.43. The van der Waals surface area contributed by atoms with E-state index in [1.807, 2.05) is 4.72 Å². The molecule has 0 atom stereocenters. The molecule has 1 heterocycles. The van der Waals surface area contributed by atoms with E-state index in [4.69, 9.17) is 0 Å². The molecule has 0 fully saturated rings. The first-order valence-corrected chi connectivity index (χ1v) is 7.31. The van der Waals surface area contributed by atoms with E-state index < -0.39 is 16.1 Å². The number of aromatic nitrogens is 1. The van der Waals surface area contributed by atoms with E-state index in [2.05, 4.69) is 9.71 Å². The molecule has 0 bridgehead atoms. The molecule has 20 heavy (non-hydrogen) atoms. The van der Waals surface area contributed by atoms with Crippen LogP contribution in [0.25, 0.3) is 0 Å². The number of hydrogen-bond acceptors (Lipinski definition) is 4. The Balaban J connectivity index is 1.96. The molecule has 0 aliphatic carbocycles. The van der Waals surface area contributed by atoms with E-state index in [0.717, 1.165) is 0 Å². The first-order valence-electron chi connectivity index (χ1n) is 5.82. The van der Waals surface area contributed by atoms with Gasteiger partial charge in [-0.05, 0) is 23.8 Å². The highest BCUT2D eigenvalue weighted by Gasteiger charge is 2.15. The van der Waals surface area contributed by atoms with Crippen LogP contribution in [0, 0.1) is 0 Å². The molecular weight excluding hydrogens is 278 g/mol. The van der Waals surface area contributed by atoms with E-state index in [1.165, 1.54) is 12.1 Å². The summed E-state index contributed by atoms with van der Waals surface area (Å²) in [6.07, 6.45) is 3.14. The molecule has 0 aliphatic heterocycles. The number of carbonyl (C=O) groups is 1. The van der Waals surface area contributed by atoms with Crippen molar-refractivity contribution in [1.29, 1.82) is 0 Å². The normalized spacial score (nSPS) is 11.0. The van der Waals surface area contributed by atoms with Crippen LogP contribution in [-0.4, -0.2) is 19.3 Å². The topological polar surface area (TPSA) is 88.2 Å². The summed E-state index contributed by atoms with van der Waals surface area (Å²) in [4.78, 5) is 15.6. The van der Waals surface area contributed by atoms with Gasteiger partial charge >= 0.3 is 10.2 Å². The second kappa shape index (κ2) is 6.27. The van der Waals surface area contributed by atoms with Crippen molar-refractivity contribution < 1.29 is 13.2 Å². The zero-order valence-electron chi connectivity index (χ0n) is 10.5. The highest BCUT2D eigenvalue weighted by atomic mass is 32.2. The second-order valence-corrected chi connectivity index (χ2v) is 5.48. The van der Waals surface area contributed by atoms with Gasteiger partial charge in [0.1, 0.15) is 0 Å². The summed E-state index contributed by atoms with van der Waals surface area (Å²) in [7, 11) is -3.90. The standard InChI is InChI=1S/C13H13N3O3S/c17-13(12-6-2-1-3-7-12)16-20(18,19)15-10-11-5-4-8-14-9-11/h1-9,15H,10H2,(H,16,17). The largest absolute Gasteiger partial charge is 0.301 e. The molecule has 2 aromatic rings. The van der Waals surface area contributed by atoms with Gasteiger partial charge in [-0.2, -0.15) is 13.1 Å². The first-order chi connectivity index (χ1) is 9.57. The number of rotatable bonds is 5. The zero-order valence-corrected chi connectivity index (χ0v) is 11.3. The average molecular weight is 291 g/mol. The summed E-state index contributed by atoms with van der Waals surface area (Å²) in [6, 6.07) is 11.6. The minimum absolute atomic E-state index is 0.0608. The van der Waals surface area contributed by atoms with Crippen LogP contribution in [0.2, 0.25) is 0 Å². The smallest absolute Gasteiger partial charge is 0.268 e. The van der Waals surface area contributed by atoms with Crippen LogP contribution in [0.15, 0.2) is 54.9 Å². The molecule has 0 saturated heterocycles. The third kappa shape index (κ3) is 4.15. The molecule has 0 unspecified atom stereocenters. The lowest BCUT2D eigenvalue weighted by atomic mass is 10.2. The summed E-state index contributed by atoms with van der Waals surface area (Å²) in [5.74, 6) is -0.677. The molecule has 2 rings (SSSR count). The van der Waals surface area contributed by atoms with Crippen molar-refractivity contribution in [3.05, 3.63) is 66.0 Å². The van der Waals surface area contributed by atoms with Crippen LogP contribution < -0.4 is 9.44 Å². The Bertz CT molecular complexity index is 673. The van der Waals surface area contributed by atoms with Gasteiger partial charge in [-0.1, -0.05) is 24.3 Å². The average Bonchev–Trinajstić information content (AvgIpc) is 2.47. The highest BCUT2D eigenvalue weighted by molar-refractivity contribution is 7.88. The summed E-state index contributed by atoms with van der Waals surface area (Å²) in [6.45, 7) is 0.0608. The summed E-state index contributed by atoms with van der Waals surface area (Å²) < 4.78 is 27.7. The summed E-state index contributed by atoms with van der Waals surface area (Å²) in [5.41, 5.74) is 0.976. The summed E-state index contributed by atoms with van der Waals surface area (Å²) >= 11 is 0. The van der Waals surface area contributed by atoms with Crippen LogP contribution in [-0.2, 0) is 16.8 Å². The molecule has 0 spiro atoms. The molecular formula is C13H13N3O3S. The van der Waals surface area contributed by atoms with Gasteiger partial charge < -0.3 is 0 Å². The number of pyridine rings is 1. The molecule has 0 aliphatic rings. The van der Waals surface area contributed by atoms with E-state index in [0.29, 0.717) is 5.56 Å². The summed E-state index contributed by atoms with van der Waals surface area (Å²) in [5, 5.41) is 0. The van der Waals surface area contributed by atoms with Crippen LogP contribution in [0.4, 0.5) is 0 Å². The van der Waals surface area contributed by atoms with Crippen molar-refractivity contribution in [3.8, 4) is 0 Å². The number of nitrogens with zero attached hydrogens (tertiary/aromatic N) is 1. The number of hydrogen-bond donors (Lipinski definition) is 2. The third-order valence-electron chi connectivity index (χ3n) is 2.45. The maximum absolute atomic E-state index is 11.7. The lowest BCUT2D eigenvalue weighted by molar-refractivity contribution is 0.0981. The number of nitrogens with one attached hydrogen (secondary N) is 2. The van der Waals surface area contributed by atoms with Crippen LogP contribution >= 0.6 is 0 Å². The molecule has 1 aromatic heterocycles. The lowest BCUT2D eigenvalue weighted by Crippen LogP contribution is -2.39. The lowest BCUT2D eigenvalue weighted by Gasteiger charge is -2.08. The van der Waals surface area contributed by atoms with Gasteiger partial charge in [0.15, 0.2) is 0 Å². The SMILES string of the molecule is O=C(NS(=O)(=O)NCc1cccnc1)c1ccccc1. The Hall–Kier alpha value is -2.25. The Morgan fingerprint density at radius 2 is 1.85 bits per heavy atom. The number of amides is 1. The van der Waals surface area contributed by atoms with E-state index in [1.54, 1.807) is 42.7 Å². The molecule has 104 valence electrons. The fourth-order valence-electron chi connectivity index (χ4n) is 1.49. The van der Waals surface area contributed by atoms with Gasteiger partial charge in [0.05, 0.1) is 0 Å². The number of carbonyl (C=O) groups excluding carboxylic acids is 1. The maximum Gasteiger partial charge on any atom is 0.301 e. The first kappa shape index (κ1) is 14.2. The Morgan fingerprint density at radius 3 is 2.50 bits per heavy atom. The fourth-order valence-corrected chi connectivity index (χ4v) is 2.28. The highest BCUT2D eigenvalue weighted by Crippen LogP contribution is 1.99. The second-order valence-electron chi connectivity index (χ2n) is 3.98. The monoisotopic (exact) mass is 291 g/mol. The molecule has 1 amide bonds. The quantitative estimate of drug-likeness (QED) is 0.854. The molecule has 0 radical (unpaired) electrons. The Kier molecular flexibility index (Phi) is 4.44. The Morgan fingerprint density at radius 1 is 1.10 bits per heavy atom. The van der Waals surface area contributed by atoms with Crippen molar-refractivity contribution in [2.45, 2.75) is 6.54 Å². The van der Waals surface area contributed by atoms with Crippen LogP contribution in [0.5, 0.6) is 0 Å². The van der Waals surface area contributed by atoms with Crippen molar-refractivity contribution >= 4 is 16.1 Å². The number of benzene rings is 1. The van der Waals surface area contributed by atoms with Gasteiger partial charge in [-0.25, -0.2) is 4.72 Å². The van der Waals surface area contributed by atoms with Crippen molar-refractivity contribution in [1.82, 2.24) is 14.4 Å². The van der Waals surface area contributed by atoms with Crippen molar-refractivity contribution in [3.63, 3.8) is 0 Å². The molecule has 2 N–H and O–H groups in total. The van der Waals surface area contributed by atoms with Crippen LogP contribution in [0.3, 0.4) is 0 Å². The zero-order chi connectivity index (χ0) is 14.4. The van der Waals surface area contributed by atoms with Crippen LogP contribution in [0.1, 0.15) is 15.9 Å². The Labute approximate surface area is 117 Å². The van der Waals surface area contributed by atoms with E-state index >= 15 is 0 Å². The maximum atomic E-state index is 11.7. The van der Waals surface area contributed by atoms with E-state index in [9.17, 15) is 13.2 Å². The van der Waals surface area contributed by atoms with Gasteiger partial charge in [0, 0.05) is 24.5 Å². The van der Waals surface area contributed by atoms with Gasteiger partial charge in [-0.3, -0.25) is 9.78 Å². The molecule has 7 heteroatoms. The minimum Gasteiger partial charge on any atom is -0.268 e. The molecule has 6 nitrogen and oxygen atoms in total. The van der Waals surface area contributed by atoms with E-state index in [-0.39, 0.29) is 12.1 Å². The predicted octanol–water partition coefficient (Wildman–Crippen LogP) is 0.846.